The smallest absolute Gasteiger partial charge is 0.245 e. The number of anilines is 3. The number of methoxy groups -OCH3 is 1. The molecule has 1 fully saturated rings. The van der Waals surface area contributed by atoms with E-state index in [0.717, 1.165) is 41.3 Å². The van der Waals surface area contributed by atoms with Gasteiger partial charge in [-0.05, 0) is 61.4 Å². The van der Waals surface area contributed by atoms with Crippen molar-refractivity contribution >= 4 is 22.8 Å². The molecule has 0 aliphatic carbocycles. The van der Waals surface area contributed by atoms with E-state index in [4.69, 9.17) is 9.84 Å². The van der Waals surface area contributed by atoms with E-state index in [2.05, 4.69) is 39.5 Å². The lowest BCUT2D eigenvalue weighted by atomic mass is 10.1. The minimum absolute atomic E-state index is 0.554. The summed E-state index contributed by atoms with van der Waals surface area (Å²) in [5.41, 5.74) is 5.13. The molecule has 0 saturated carbocycles. The highest BCUT2D eigenvalue weighted by atomic mass is 16.5. The summed E-state index contributed by atoms with van der Waals surface area (Å²) in [6.07, 6.45) is 4.38. The summed E-state index contributed by atoms with van der Waals surface area (Å²) in [5.74, 6) is 1.37. The van der Waals surface area contributed by atoms with E-state index in [1.54, 1.807) is 7.11 Å². The van der Waals surface area contributed by atoms with E-state index < -0.39 is 0 Å². The lowest BCUT2D eigenvalue weighted by Crippen LogP contribution is -2.17. The molecule has 1 aliphatic rings. The Morgan fingerprint density at radius 1 is 0.931 bits per heavy atom. The zero-order chi connectivity index (χ0) is 19.6. The van der Waals surface area contributed by atoms with Crippen LogP contribution in [0.25, 0.3) is 16.8 Å². The topological polar surface area (TPSA) is 54.7 Å². The van der Waals surface area contributed by atoms with E-state index in [0.29, 0.717) is 5.95 Å². The van der Waals surface area contributed by atoms with Crippen LogP contribution in [0.2, 0.25) is 0 Å². The summed E-state index contributed by atoms with van der Waals surface area (Å²) in [5, 5.41) is 8.03. The summed E-state index contributed by atoms with van der Waals surface area (Å²) < 4.78 is 7.42. The van der Waals surface area contributed by atoms with Crippen molar-refractivity contribution in [1.82, 2.24) is 14.6 Å². The van der Waals surface area contributed by atoms with Crippen LogP contribution in [0.3, 0.4) is 0 Å². The lowest BCUT2D eigenvalue weighted by molar-refractivity contribution is 0.416. The second kappa shape index (κ2) is 7.47. The van der Waals surface area contributed by atoms with E-state index in [1.807, 2.05) is 47.1 Å². The molecule has 1 aliphatic heterocycles. The predicted molar refractivity (Wildman–Crippen MR) is 116 cm³/mol. The Labute approximate surface area is 169 Å². The van der Waals surface area contributed by atoms with Crippen LogP contribution < -0.4 is 15.0 Å². The highest BCUT2D eigenvalue weighted by molar-refractivity contribution is 5.72. The maximum atomic E-state index is 5.52. The first-order valence-corrected chi connectivity index (χ1v) is 9.92. The van der Waals surface area contributed by atoms with Gasteiger partial charge in [0.15, 0.2) is 0 Å². The van der Waals surface area contributed by atoms with Crippen molar-refractivity contribution in [3.63, 3.8) is 0 Å². The molecule has 6 nitrogen and oxygen atoms in total. The van der Waals surface area contributed by atoms with Crippen molar-refractivity contribution in [2.75, 3.05) is 30.4 Å². The zero-order valence-electron chi connectivity index (χ0n) is 16.4. The van der Waals surface area contributed by atoms with Crippen LogP contribution >= 0.6 is 0 Å². The summed E-state index contributed by atoms with van der Waals surface area (Å²) >= 11 is 0. The molecule has 0 unspecified atom stereocenters. The molecule has 0 radical (unpaired) electrons. The molecule has 2 aromatic heterocycles. The number of aromatic nitrogens is 3. The van der Waals surface area contributed by atoms with Crippen molar-refractivity contribution in [3.8, 4) is 17.0 Å². The van der Waals surface area contributed by atoms with Crippen molar-refractivity contribution in [1.29, 1.82) is 0 Å². The fraction of sp³-hybridized carbons (Fsp3) is 0.217. The Morgan fingerprint density at radius 3 is 2.52 bits per heavy atom. The normalized spacial score (nSPS) is 13.8. The SMILES string of the molecule is COc1ccccc1-c1ccc2cnc(Nc3ccc(N4CCCC4)cc3)nn12. The Hall–Kier alpha value is -3.54. The molecule has 2 aromatic carbocycles. The van der Waals surface area contributed by atoms with Gasteiger partial charge >= 0.3 is 0 Å². The van der Waals surface area contributed by atoms with Gasteiger partial charge in [0, 0.05) is 30.0 Å². The van der Waals surface area contributed by atoms with Crippen molar-refractivity contribution in [2.24, 2.45) is 0 Å². The van der Waals surface area contributed by atoms with Crippen LogP contribution in [-0.4, -0.2) is 34.8 Å². The Kier molecular flexibility index (Phi) is 4.52. The van der Waals surface area contributed by atoms with E-state index in [9.17, 15) is 0 Å². The molecule has 0 spiro atoms. The van der Waals surface area contributed by atoms with Gasteiger partial charge in [-0.2, -0.15) is 0 Å². The first kappa shape index (κ1) is 17.6. The molecule has 1 saturated heterocycles. The van der Waals surface area contributed by atoms with Crippen molar-refractivity contribution < 1.29 is 4.74 Å². The summed E-state index contributed by atoms with van der Waals surface area (Å²) in [6.45, 7) is 2.29. The Morgan fingerprint density at radius 2 is 1.72 bits per heavy atom. The molecular formula is C23H23N5O. The minimum Gasteiger partial charge on any atom is -0.496 e. The highest BCUT2D eigenvalue weighted by Crippen LogP contribution is 2.31. The van der Waals surface area contributed by atoms with Crippen LogP contribution in [0.5, 0.6) is 5.75 Å². The summed E-state index contributed by atoms with van der Waals surface area (Å²) in [6, 6.07) is 20.5. The summed E-state index contributed by atoms with van der Waals surface area (Å²) in [7, 11) is 1.68. The fourth-order valence-corrected chi connectivity index (χ4v) is 3.88. The number of rotatable bonds is 5. The predicted octanol–water partition coefficient (Wildman–Crippen LogP) is 4.75. The van der Waals surface area contributed by atoms with Gasteiger partial charge in [0.2, 0.25) is 5.95 Å². The number of hydrogen-bond acceptors (Lipinski definition) is 5. The average Bonchev–Trinajstić information content (AvgIpc) is 3.44. The monoisotopic (exact) mass is 385 g/mol. The third-order valence-electron chi connectivity index (χ3n) is 5.38. The second-order valence-corrected chi connectivity index (χ2v) is 7.20. The molecule has 6 heteroatoms. The molecule has 0 bridgehead atoms. The number of para-hydroxylation sites is 1. The van der Waals surface area contributed by atoms with Crippen LogP contribution in [0.1, 0.15) is 12.8 Å². The standard InChI is InChI=1S/C23H23N5O/c1-29-22-7-3-2-6-20(22)21-13-12-19-16-24-23(26-28(19)21)25-17-8-10-18(11-9-17)27-14-4-5-15-27/h2-3,6-13,16H,4-5,14-15H2,1H3,(H,25,26). The molecule has 3 heterocycles. The van der Waals surface area contributed by atoms with Crippen LogP contribution in [-0.2, 0) is 0 Å². The maximum absolute atomic E-state index is 5.52. The lowest BCUT2D eigenvalue weighted by Gasteiger charge is -2.17. The number of hydrogen-bond donors (Lipinski definition) is 1. The van der Waals surface area contributed by atoms with Gasteiger partial charge in [-0.25, -0.2) is 9.50 Å². The number of nitrogens with zero attached hydrogens (tertiary/aromatic N) is 4. The van der Waals surface area contributed by atoms with Gasteiger partial charge < -0.3 is 15.0 Å². The van der Waals surface area contributed by atoms with E-state index in [-0.39, 0.29) is 0 Å². The molecular weight excluding hydrogens is 362 g/mol. The van der Waals surface area contributed by atoms with Crippen molar-refractivity contribution in [2.45, 2.75) is 12.8 Å². The molecule has 4 aromatic rings. The third kappa shape index (κ3) is 3.38. The number of fused-ring (bicyclic) bond motifs is 1. The average molecular weight is 385 g/mol. The molecule has 0 amide bonds. The first-order valence-electron chi connectivity index (χ1n) is 9.92. The van der Waals surface area contributed by atoms with Gasteiger partial charge in [-0.3, -0.25) is 0 Å². The largest absolute Gasteiger partial charge is 0.496 e. The van der Waals surface area contributed by atoms with Crippen LogP contribution in [0, 0.1) is 0 Å². The third-order valence-corrected chi connectivity index (χ3v) is 5.38. The van der Waals surface area contributed by atoms with Crippen LogP contribution in [0.4, 0.5) is 17.3 Å². The quantitative estimate of drug-likeness (QED) is 0.537. The highest BCUT2D eigenvalue weighted by Gasteiger charge is 2.13. The maximum Gasteiger partial charge on any atom is 0.245 e. The number of benzene rings is 2. The molecule has 1 N–H and O–H groups in total. The van der Waals surface area contributed by atoms with Gasteiger partial charge in [0.25, 0.3) is 0 Å². The van der Waals surface area contributed by atoms with Gasteiger partial charge in [0.1, 0.15) is 5.75 Å². The van der Waals surface area contributed by atoms with E-state index >= 15 is 0 Å². The number of ether oxygens (including phenoxy) is 1. The Balaban J connectivity index is 1.44. The Bertz CT molecular complexity index is 1130. The van der Waals surface area contributed by atoms with Crippen LogP contribution in [0.15, 0.2) is 66.9 Å². The molecule has 5 rings (SSSR count). The van der Waals surface area contributed by atoms with Gasteiger partial charge in [-0.1, -0.05) is 12.1 Å². The van der Waals surface area contributed by atoms with Gasteiger partial charge in [-0.15, -0.1) is 5.10 Å². The van der Waals surface area contributed by atoms with E-state index in [1.165, 1.54) is 18.5 Å². The second-order valence-electron chi connectivity index (χ2n) is 7.20. The van der Waals surface area contributed by atoms with Crippen molar-refractivity contribution in [3.05, 3.63) is 66.9 Å². The van der Waals surface area contributed by atoms with Gasteiger partial charge in [0.05, 0.1) is 24.5 Å². The summed E-state index contributed by atoms with van der Waals surface area (Å²) in [4.78, 5) is 6.89. The zero-order valence-corrected chi connectivity index (χ0v) is 16.4. The molecule has 0 atom stereocenters. The molecule has 29 heavy (non-hydrogen) atoms. The first-order chi connectivity index (χ1) is 14.3. The molecule has 146 valence electrons. The minimum atomic E-state index is 0.554. The fourth-order valence-electron chi connectivity index (χ4n) is 3.88. The number of nitrogens with one attached hydrogen (secondary N) is 1.